The van der Waals surface area contributed by atoms with Gasteiger partial charge in [0.05, 0.1) is 64.2 Å². The Morgan fingerprint density at radius 2 is 1.33 bits per heavy atom. The third-order valence-corrected chi connectivity index (χ3v) is 7.35. The summed E-state index contributed by atoms with van der Waals surface area (Å²) in [5.41, 5.74) is -3.15. The molecule has 14 heteroatoms. The van der Waals surface area contributed by atoms with E-state index in [-0.39, 0.29) is 64.1 Å². The molecule has 2 aromatic rings. The van der Waals surface area contributed by atoms with Gasteiger partial charge in [-0.05, 0) is 51.5 Å². The highest BCUT2D eigenvalue weighted by molar-refractivity contribution is 6.04. The van der Waals surface area contributed by atoms with Crippen LogP contribution in [-0.2, 0) is 33.3 Å². The number of carbonyl (C=O) groups excluding carboxylic acids is 4. The molecule has 1 aromatic carbocycles. The summed E-state index contributed by atoms with van der Waals surface area (Å²) < 4.78 is 45.6. The van der Waals surface area contributed by atoms with Gasteiger partial charge in [-0.2, -0.15) is 0 Å². The molecule has 0 radical (unpaired) electrons. The molecule has 1 amide bonds. The number of carbonyl (C=O) groups is 4. The van der Waals surface area contributed by atoms with Crippen molar-refractivity contribution in [3.63, 3.8) is 0 Å². The summed E-state index contributed by atoms with van der Waals surface area (Å²) in [5, 5.41) is 0. The average molecular weight is 649 g/mol. The molecule has 0 saturated carbocycles. The molecule has 2 unspecified atom stereocenters. The van der Waals surface area contributed by atoms with Crippen LogP contribution in [0, 0.1) is 10.8 Å². The maximum Gasteiger partial charge on any atom is 0.359 e. The van der Waals surface area contributed by atoms with Crippen LogP contribution in [0.25, 0.3) is 5.69 Å². The summed E-state index contributed by atoms with van der Waals surface area (Å²) in [5.74, 6) is -3.55. The van der Waals surface area contributed by atoms with Gasteiger partial charge in [-0.3, -0.25) is 19.0 Å². The molecule has 0 fully saturated rings. The van der Waals surface area contributed by atoms with Crippen molar-refractivity contribution in [2.45, 2.75) is 27.2 Å². The first-order chi connectivity index (χ1) is 21.9. The van der Waals surface area contributed by atoms with Crippen LogP contribution in [0.15, 0.2) is 24.3 Å². The Morgan fingerprint density at radius 3 is 1.76 bits per heavy atom. The van der Waals surface area contributed by atoms with E-state index in [1.165, 1.54) is 44.9 Å². The third-order valence-electron chi connectivity index (χ3n) is 7.35. The summed E-state index contributed by atoms with van der Waals surface area (Å²) >= 11 is 0. The standard InChI is InChI=1S/C32H44N2O12/c1-9-44-28(36)24-26-25(23(27(35)33(4)5)34(24)21-10-12-22(41-8)13-11-21)45-29(37)31(2,19-42-16-14-39-6)18-32(3,30(38)46-26)20-43-17-15-40-7/h10-13H,9,14-20H2,1-8H3. The largest absolute Gasteiger partial charge is 0.497 e. The van der Waals surface area contributed by atoms with Crippen molar-refractivity contribution in [3.8, 4) is 22.9 Å². The molecular weight excluding hydrogens is 604 g/mol. The maximum absolute atomic E-state index is 14.2. The number of aromatic nitrogens is 1. The molecule has 2 atom stereocenters. The zero-order chi connectivity index (χ0) is 34.1. The number of methoxy groups -OCH3 is 3. The van der Waals surface area contributed by atoms with E-state index in [2.05, 4.69) is 0 Å². The van der Waals surface area contributed by atoms with Crippen molar-refractivity contribution < 1.29 is 57.1 Å². The summed E-state index contributed by atoms with van der Waals surface area (Å²) in [6.07, 6.45) is -0.119. The SMILES string of the molecule is CCOC(=O)c1c2c(c(C(=O)N(C)C)n1-c1ccc(OC)cc1)OC(=O)C(C)(COCCOC)CC(C)(COCCOC)C(=O)O2. The zero-order valence-corrected chi connectivity index (χ0v) is 27.8. The summed E-state index contributed by atoms with van der Waals surface area (Å²) in [6.45, 7) is 5.29. The quantitative estimate of drug-likeness (QED) is 0.206. The minimum atomic E-state index is -1.45. The van der Waals surface area contributed by atoms with Crippen LogP contribution in [0.4, 0.5) is 0 Å². The van der Waals surface area contributed by atoms with E-state index in [1.54, 1.807) is 45.0 Å². The van der Waals surface area contributed by atoms with Crippen molar-refractivity contribution >= 4 is 23.8 Å². The van der Waals surface area contributed by atoms with Gasteiger partial charge < -0.3 is 42.8 Å². The van der Waals surface area contributed by atoms with Crippen LogP contribution < -0.4 is 14.2 Å². The molecule has 3 rings (SSSR count). The Morgan fingerprint density at radius 1 is 0.826 bits per heavy atom. The minimum absolute atomic E-state index is 0.0337. The van der Waals surface area contributed by atoms with Gasteiger partial charge >= 0.3 is 17.9 Å². The second kappa shape index (κ2) is 16.0. The fourth-order valence-electron chi connectivity index (χ4n) is 5.03. The summed E-state index contributed by atoms with van der Waals surface area (Å²) in [7, 11) is 7.52. The van der Waals surface area contributed by atoms with Crippen molar-refractivity contribution in [2.75, 3.05) is 81.7 Å². The van der Waals surface area contributed by atoms with E-state index in [0.29, 0.717) is 11.4 Å². The first-order valence-corrected chi connectivity index (χ1v) is 14.8. The number of rotatable bonds is 15. The lowest BCUT2D eigenvalue weighted by atomic mass is 9.73. The molecule has 14 nitrogen and oxygen atoms in total. The summed E-state index contributed by atoms with van der Waals surface area (Å²) in [6, 6.07) is 6.44. The highest BCUT2D eigenvalue weighted by Gasteiger charge is 2.51. The molecule has 46 heavy (non-hydrogen) atoms. The Kier molecular flexibility index (Phi) is 12.7. The van der Waals surface area contributed by atoms with Crippen LogP contribution in [0.2, 0.25) is 0 Å². The fourth-order valence-corrected chi connectivity index (χ4v) is 5.03. The van der Waals surface area contributed by atoms with Crippen LogP contribution >= 0.6 is 0 Å². The van der Waals surface area contributed by atoms with Crippen LogP contribution in [0.1, 0.15) is 48.2 Å². The van der Waals surface area contributed by atoms with Crippen molar-refractivity contribution in [3.05, 3.63) is 35.7 Å². The van der Waals surface area contributed by atoms with Crippen molar-refractivity contribution in [1.82, 2.24) is 9.47 Å². The maximum atomic E-state index is 14.2. The van der Waals surface area contributed by atoms with Crippen LogP contribution in [0.3, 0.4) is 0 Å². The number of amides is 1. The molecular formula is C32H44N2O12. The van der Waals surface area contributed by atoms with Gasteiger partial charge in [0.25, 0.3) is 5.91 Å². The van der Waals surface area contributed by atoms with Crippen molar-refractivity contribution in [1.29, 1.82) is 0 Å². The first-order valence-electron chi connectivity index (χ1n) is 14.8. The molecule has 2 heterocycles. The molecule has 1 aliphatic rings. The Balaban J connectivity index is 2.36. The summed E-state index contributed by atoms with van der Waals surface area (Å²) in [4.78, 5) is 57.1. The molecule has 1 aromatic heterocycles. The van der Waals surface area contributed by atoms with Gasteiger partial charge in [-0.15, -0.1) is 0 Å². The van der Waals surface area contributed by atoms with Crippen LogP contribution in [0.5, 0.6) is 17.2 Å². The van der Waals surface area contributed by atoms with E-state index in [0.717, 1.165) is 0 Å². The molecule has 0 bridgehead atoms. The first kappa shape index (κ1) is 36.5. The lowest BCUT2D eigenvalue weighted by Crippen LogP contribution is -2.46. The van der Waals surface area contributed by atoms with Gasteiger partial charge in [0.2, 0.25) is 11.5 Å². The number of hydrogen-bond acceptors (Lipinski definition) is 12. The normalized spacial score (nSPS) is 19.7. The van der Waals surface area contributed by atoms with E-state index >= 15 is 0 Å². The molecule has 1 aliphatic heterocycles. The Labute approximate surface area is 268 Å². The number of fused-ring (bicyclic) bond motifs is 1. The van der Waals surface area contributed by atoms with E-state index in [4.69, 9.17) is 37.9 Å². The predicted molar refractivity (Wildman–Crippen MR) is 164 cm³/mol. The second-order valence-corrected chi connectivity index (χ2v) is 11.5. The monoisotopic (exact) mass is 648 g/mol. The lowest BCUT2D eigenvalue weighted by Gasteiger charge is -2.35. The van der Waals surface area contributed by atoms with Gasteiger partial charge in [0.15, 0.2) is 11.4 Å². The highest BCUT2D eigenvalue weighted by Crippen LogP contribution is 2.47. The highest BCUT2D eigenvalue weighted by atomic mass is 16.6. The minimum Gasteiger partial charge on any atom is -0.497 e. The molecule has 0 spiro atoms. The van der Waals surface area contributed by atoms with Gasteiger partial charge in [-0.25, -0.2) is 4.79 Å². The van der Waals surface area contributed by atoms with Crippen molar-refractivity contribution in [2.24, 2.45) is 10.8 Å². The van der Waals surface area contributed by atoms with Gasteiger partial charge in [0.1, 0.15) is 5.75 Å². The smallest absolute Gasteiger partial charge is 0.359 e. The molecule has 0 saturated heterocycles. The molecule has 0 N–H and O–H groups in total. The zero-order valence-electron chi connectivity index (χ0n) is 27.8. The number of benzene rings is 1. The van der Waals surface area contributed by atoms with E-state index in [1.807, 2.05) is 0 Å². The Bertz CT molecular complexity index is 1390. The van der Waals surface area contributed by atoms with Gasteiger partial charge in [-0.1, -0.05) is 0 Å². The Hall–Kier alpha value is -3.98. The van der Waals surface area contributed by atoms with Gasteiger partial charge in [0, 0.05) is 34.0 Å². The van der Waals surface area contributed by atoms with E-state index < -0.39 is 46.1 Å². The fraction of sp³-hybridized carbons (Fsp3) is 0.562. The topological polar surface area (TPSA) is 150 Å². The van der Waals surface area contributed by atoms with Crippen LogP contribution in [-0.4, -0.2) is 115 Å². The third kappa shape index (κ3) is 8.05. The second-order valence-electron chi connectivity index (χ2n) is 11.5. The van der Waals surface area contributed by atoms with E-state index in [9.17, 15) is 19.2 Å². The number of hydrogen-bond donors (Lipinski definition) is 0. The lowest BCUT2D eigenvalue weighted by molar-refractivity contribution is -0.158. The average Bonchev–Trinajstić information content (AvgIpc) is 3.34. The number of nitrogens with zero attached hydrogens (tertiary/aromatic N) is 2. The number of esters is 3. The molecule has 254 valence electrons. The molecule has 0 aliphatic carbocycles. The predicted octanol–water partition coefficient (Wildman–Crippen LogP) is 2.92. The number of ether oxygens (including phenoxy) is 8.